The fourth-order valence-corrected chi connectivity index (χ4v) is 4.35. The summed E-state index contributed by atoms with van der Waals surface area (Å²) in [4.78, 5) is 18.1. The summed E-state index contributed by atoms with van der Waals surface area (Å²) in [6, 6.07) is 20.3. The fraction of sp³-hybridized carbons (Fsp3) is 0.115. The van der Waals surface area contributed by atoms with Gasteiger partial charge in [-0.2, -0.15) is 9.78 Å². The van der Waals surface area contributed by atoms with Crippen LogP contribution in [0.1, 0.15) is 12.5 Å². The maximum atomic E-state index is 13.4. The standard InChI is InChI=1S/C26H20BrN3O4/c1-3-33-22-13-16(12-19(27)24(22)32-2)15-28-30-25(23-14-17-8-4-7-11-21(17)34-23)29-20-10-6-5-9-18(20)26(30)31/h4-15H,3H2,1-2H3. The lowest BCUT2D eigenvalue weighted by molar-refractivity contribution is 0.310. The van der Waals surface area contributed by atoms with Crippen molar-refractivity contribution in [3.63, 3.8) is 0 Å². The highest BCUT2D eigenvalue weighted by molar-refractivity contribution is 9.10. The summed E-state index contributed by atoms with van der Waals surface area (Å²) >= 11 is 3.51. The largest absolute Gasteiger partial charge is 0.492 e. The first-order chi connectivity index (χ1) is 16.6. The van der Waals surface area contributed by atoms with E-state index in [1.807, 2.05) is 49.4 Å². The number of halogens is 1. The Kier molecular flexibility index (Phi) is 5.90. The maximum absolute atomic E-state index is 13.4. The van der Waals surface area contributed by atoms with Crippen LogP contribution in [0.4, 0.5) is 0 Å². The van der Waals surface area contributed by atoms with Gasteiger partial charge in [-0.25, -0.2) is 4.98 Å². The van der Waals surface area contributed by atoms with E-state index < -0.39 is 0 Å². The van der Waals surface area contributed by atoms with E-state index in [1.165, 1.54) is 4.68 Å². The summed E-state index contributed by atoms with van der Waals surface area (Å²) in [5.74, 6) is 1.93. The van der Waals surface area contributed by atoms with Crippen molar-refractivity contribution in [1.82, 2.24) is 9.66 Å². The minimum absolute atomic E-state index is 0.296. The van der Waals surface area contributed by atoms with E-state index in [4.69, 9.17) is 18.9 Å². The Bertz CT molecular complexity index is 1570. The highest BCUT2D eigenvalue weighted by Crippen LogP contribution is 2.36. The van der Waals surface area contributed by atoms with Crippen LogP contribution in [-0.2, 0) is 0 Å². The molecule has 8 heteroatoms. The molecule has 0 atom stereocenters. The molecule has 5 aromatic rings. The number of rotatable bonds is 6. The highest BCUT2D eigenvalue weighted by atomic mass is 79.9. The van der Waals surface area contributed by atoms with E-state index >= 15 is 0 Å². The van der Waals surface area contributed by atoms with Crippen LogP contribution in [0.15, 0.2) is 85.5 Å². The lowest BCUT2D eigenvalue weighted by atomic mass is 10.2. The average Bonchev–Trinajstić information content (AvgIpc) is 3.28. The Morgan fingerprint density at radius 2 is 1.91 bits per heavy atom. The summed E-state index contributed by atoms with van der Waals surface area (Å²) in [5, 5.41) is 5.89. The summed E-state index contributed by atoms with van der Waals surface area (Å²) in [5.41, 5.74) is 1.69. The van der Waals surface area contributed by atoms with E-state index in [0.29, 0.717) is 56.2 Å². The number of fused-ring (bicyclic) bond motifs is 2. The van der Waals surface area contributed by atoms with Gasteiger partial charge >= 0.3 is 0 Å². The van der Waals surface area contributed by atoms with Gasteiger partial charge in [0, 0.05) is 5.39 Å². The van der Waals surface area contributed by atoms with Gasteiger partial charge in [0.05, 0.1) is 35.3 Å². The van der Waals surface area contributed by atoms with Crippen LogP contribution in [0.5, 0.6) is 11.5 Å². The summed E-state index contributed by atoms with van der Waals surface area (Å²) in [7, 11) is 1.58. The zero-order valence-electron chi connectivity index (χ0n) is 18.5. The van der Waals surface area contributed by atoms with E-state index in [-0.39, 0.29) is 5.56 Å². The second-order valence-corrected chi connectivity index (χ2v) is 8.28. The minimum Gasteiger partial charge on any atom is -0.492 e. The minimum atomic E-state index is -0.296. The monoisotopic (exact) mass is 517 g/mol. The predicted molar refractivity (Wildman–Crippen MR) is 136 cm³/mol. The van der Waals surface area contributed by atoms with Gasteiger partial charge in [0.15, 0.2) is 17.3 Å². The molecule has 0 saturated carbocycles. The van der Waals surface area contributed by atoms with Crippen molar-refractivity contribution in [3.8, 4) is 23.1 Å². The number of ether oxygens (including phenoxy) is 2. The van der Waals surface area contributed by atoms with Gasteiger partial charge in [-0.05, 0) is 64.8 Å². The number of methoxy groups -OCH3 is 1. The van der Waals surface area contributed by atoms with Crippen LogP contribution in [0.2, 0.25) is 0 Å². The molecular formula is C26H20BrN3O4. The molecule has 0 bridgehead atoms. The summed E-state index contributed by atoms with van der Waals surface area (Å²) < 4.78 is 19.1. The van der Waals surface area contributed by atoms with Gasteiger partial charge in [0.2, 0.25) is 5.82 Å². The zero-order valence-corrected chi connectivity index (χ0v) is 20.1. The van der Waals surface area contributed by atoms with Crippen molar-refractivity contribution < 1.29 is 13.9 Å². The van der Waals surface area contributed by atoms with Crippen molar-refractivity contribution >= 4 is 44.0 Å². The molecule has 5 rings (SSSR count). The molecule has 0 unspecified atom stereocenters. The Morgan fingerprint density at radius 3 is 2.71 bits per heavy atom. The smallest absolute Gasteiger partial charge is 0.282 e. The van der Waals surface area contributed by atoms with Crippen LogP contribution in [0.25, 0.3) is 33.5 Å². The molecule has 0 spiro atoms. The topological polar surface area (TPSA) is 78.9 Å². The van der Waals surface area contributed by atoms with Gasteiger partial charge < -0.3 is 13.9 Å². The molecule has 2 aromatic heterocycles. The third-order valence-electron chi connectivity index (χ3n) is 5.26. The summed E-state index contributed by atoms with van der Waals surface area (Å²) in [6.07, 6.45) is 1.58. The molecular weight excluding hydrogens is 498 g/mol. The number of benzene rings is 3. The van der Waals surface area contributed by atoms with Gasteiger partial charge in [-0.15, -0.1) is 0 Å². The molecule has 0 radical (unpaired) electrons. The number of hydrogen-bond donors (Lipinski definition) is 0. The summed E-state index contributed by atoms with van der Waals surface area (Å²) in [6.45, 7) is 2.38. The highest BCUT2D eigenvalue weighted by Gasteiger charge is 2.17. The molecule has 7 nitrogen and oxygen atoms in total. The zero-order chi connectivity index (χ0) is 23.7. The van der Waals surface area contributed by atoms with Crippen molar-refractivity contribution in [1.29, 1.82) is 0 Å². The van der Waals surface area contributed by atoms with Crippen LogP contribution in [0.3, 0.4) is 0 Å². The van der Waals surface area contributed by atoms with Crippen LogP contribution >= 0.6 is 15.9 Å². The number of hydrogen-bond acceptors (Lipinski definition) is 6. The molecule has 3 aromatic carbocycles. The van der Waals surface area contributed by atoms with Gasteiger partial charge in [-0.3, -0.25) is 4.79 Å². The maximum Gasteiger partial charge on any atom is 0.282 e. The van der Waals surface area contributed by atoms with Crippen molar-refractivity contribution in [2.24, 2.45) is 5.10 Å². The fourth-order valence-electron chi connectivity index (χ4n) is 3.73. The number of aromatic nitrogens is 2. The van der Waals surface area contributed by atoms with Gasteiger partial charge in [0.25, 0.3) is 5.56 Å². The van der Waals surface area contributed by atoms with E-state index in [2.05, 4.69) is 21.0 Å². The molecule has 170 valence electrons. The molecule has 0 aliphatic carbocycles. The second kappa shape index (κ2) is 9.15. The lowest BCUT2D eigenvalue weighted by Gasteiger charge is -2.12. The van der Waals surface area contributed by atoms with Gasteiger partial charge in [0.1, 0.15) is 5.58 Å². The molecule has 0 amide bonds. The van der Waals surface area contributed by atoms with E-state index in [1.54, 1.807) is 37.6 Å². The third-order valence-corrected chi connectivity index (χ3v) is 5.85. The molecule has 34 heavy (non-hydrogen) atoms. The Labute approximate surface area is 203 Å². The number of nitrogens with zero attached hydrogens (tertiary/aromatic N) is 3. The number of furan rings is 1. The first-order valence-electron chi connectivity index (χ1n) is 10.6. The Morgan fingerprint density at radius 1 is 1.12 bits per heavy atom. The van der Waals surface area contributed by atoms with Crippen molar-refractivity contribution in [2.45, 2.75) is 6.92 Å². The quantitative estimate of drug-likeness (QED) is 0.263. The SMILES string of the molecule is CCOc1cc(C=Nn2c(-c3cc4ccccc4o3)nc3ccccc3c2=O)cc(Br)c1OC. The molecule has 0 aliphatic heterocycles. The van der Waals surface area contributed by atoms with Crippen LogP contribution in [-0.4, -0.2) is 29.6 Å². The normalized spacial score (nSPS) is 11.5. The molecule has 2 heterocycles. The Balaban J connectivity index is 1.69. The van der Waals surface area contributed by atoms with Crippen LogP contribution < -0.4 is 15.0 Å². The van der Waals surface area contributed by atoms with Crippen LogP contribution in [0, 0.1) is 0 Å². The molecule has 0 fully saturated rings. The average molecular weight is 518 g/mol. The first kappa shape index (κ1) is 21.9. The molecule has 0 aliphatic rings. The van der Waals surface area contributed by atoms with E-state index in [9.17, 15) is 4.79 Å². The Hall–Kier alpha value is -3.91. The first-order valence-corrected chi connectivity index (χ1v) is 11.4. The van der Waals surface area contributed by atoms with Crippen molar-refractivity contribution in [3.05, 3.63) is 87.1 Å². The predicted octanol–water partition coefficient (Wildman–Crippen LogP) is 5.86. The lowest BCUT2D eigenvalue weighted by Crippen LogP contribution is -2.20. The van der Waals surface area contributed by atoms with E-state index in [0.717, 1.165) is 5.39 Å². The molecule has 0 N–H and O–H groups in total. The third kappa shape index (κ3) is 3.97. The number of para-hydroxylation sites is 2. The molecule has 0 saturated heterocycles. The van der Waals surface area contributed by atoms with Crippen molar-refractivity contribution in [2.75, 3.05) is 13.7 Å². The second-order valence-electron chi connectivity index (χ2n) is 7.43. The van der Waals surface area contributed by atoms with Gasteiger partial charge in [-0.1, -0.05) is 30.3 Å².